The van der Waals surface area contributed by atoms with E-state index in [1.165, 1.54) is 0 Å². The molecule has 7 heteroatoms. The van der Waals surface area contributed by atoms with Crippen molar-refractivity contribution in [1.29, 1.82) is 0 Å². The van der Waals surface area contributed by atoms with E-state index in [0.29, 0.717) is 46.3 Å². The van der Waals surface area contributed by atoms with Crippen molar-refractivity contribution in [2.75, 3.05) is 13.1 Å². The molecule has 1 saturated heterocycles. The van der Waals surface area contributed by atoms with Crippen LogP contribution in [0.4, 0.5) is 0 Å². The molecule has 3 rings (SSSR count). The molecule has 0 N–H and O–H groups in total. The van der Waals surface area contributed by atoms with Crippen molar-refractivity contribution in [3.05, 3.63) is 45.0 Å². The zero-order valence-corrected chi connectivity index (χ0v) is 15.2. The van der Waals surface area contributed by atoms with Gasteiger partial charge in [0, 0.05) is 35.1 Å². The molecule has 0 unspecified atom stereocenters. The van der Waals surface area contributed by atoms with E-state index in [1.807, 2.05) is 18.7 Å². The Balaban J connectivity index is 1.61. The number of carbonyl (C=O) groups excluding carboxylic acids is 1. The Morgan fingerprint density at radius 2 is 1.88 bits per heavy atom. The molecule has 0 atom stereocenters. The van der Waals surface area contributed by atoms with Crippen LogP contribution < -0.4 is 0 Å². The van der Waals surface area contributed by atoms with E-state index in [4.69, 9.17) is 27.7 Å². The number of benzene rings is 1. The first-order valence-corrected chi connectivity index (χ1v) is 8.73. The molecule has 0 radical (unpaired) electrons. The molecule has 1 amide bonds. The molecular weight excluding hydrogens is 349 g/mol. The van der Waals surface area contributed by atoms with Crippen molar-refractivity contribution in [2.45, 2.75) is 33.1 Å². The molecule has 24 heavy (non-hydrogen) atoms. The van der Waals surface area contributed by atoms with Crippen molar-refractivity contribution in [3.63, 3.8) is 0 Å². The highest BCUT2D eigenvalue weighted by Gasteiger charge is 2.25. The summed E-state index contributed by atoms with van der Waals surface area (Å²) in [5, 5.41) is 4.85. The summed E-state index contributed by atoms with van der Waals surface area (Å²) in [5.74, 6) is 1.77. The fraction of sp³-hybridized carbons (Fsp3) is 0.471. The molecular formula is C17H19Cl2N3O2. The van der Waals surface area contributed by atoms with Gasteiger partial charge in [0.25, 0.3) is 5.91 Å². The van der Waals surface area contributed by atoms with E-state index >= 15 is 0 Å². The van der Waals surface area contributed by atoms with Gasteiger partial charge in [-0.2, -0.15) is 4.98 Å². The predicted molar refractivity (Wildman–Crippen MR) is 92.6 cm³/mol. The summed E-state index contributed by atoms with van der Waals surface area (Å²) in [5.41, 5.74) is 1.34. The molecule has 1 aromatic heterocycles. The van der Waals surface area contributed by atoms with Crippen molar-refractivity contribution in [3.8, 4) is 0 Å². The van der Waals surface area contributed by atoms with Gasteiger partial charge in [0.1, 0.15) is 0 Å². The second-order valence-electron chi connectivity index (χ2n) is 6.24. The molecule has 1 aliphatic rings. The van der Waals surface area contributed by atoms with Crippen molar-refractivity contribution < 1.29 is 9.32 Å². The largest absolute Gasteiger partial charge is 0.339 e. The summed E-state index contributed by atoms with van der Waals surface area (Å²) >= 11 is 12.3. The van der Waals surface area contributed by atoms with Crippen LogP contribution in [0.15, 0.2) is 16.7 Å². The number of amides is 1. The number of piperidine rings is 1. The minimum atomic E-state index is -0.0223. The highest BCUT2D eigenvalue weighted by Crippen LogP contribution is 2.28. The molecule has 1 aromatic carbocycles. The summed E-state index contributed by atoms with van der Waals surface area (Å²) in [6.07, 6.45) is 2.60. The first-order chi connectivity index (χ1) is 11.4. The van der Waals surface area contributed by atoms with Crippen molar-refractivity contribution in [1.82, 2.24) is 15.0 Å². The van der Waals surface area contributed by atoms with Gasteiger partial charge in [0.05, 0.1) is 0 Å². The fourth-order valence-electron chi connectivity index (χ4n) is 2.96. The van der Waals surface area contributed by atoms with Crippen LogP contribution in [-0.2, 0) is 6.42 Å². The predicted octanol–water partition coefficient (Wildman–Crippen LogP) is 4.09. The lowest BCUT2D eigenvalue weighted by Crippen LogP contribution is -2.39. The minimum Gasteiger partial charge on any atom is -0.339 e. The van der Waals surface area contributed by atoms with E-state index in [1.54, 1.807) is 12.1 Å². The van der Waals surface area contributed by atoms with Crippen LogP contribution in [0, 0.1) is 19.8 Å². The summed E-state index contributed by atoms with van der Waals surface area (Å²) in [7, 11) is 0. The molecule has 1 fully saturated rings. The number of hydrogen-bond acceptors (Lipinski definition) is 4. The number of nitrogens with zero attached hydrogens (tertiary/aromatic N) is 3. The van der Waals surface area contributed by atoms with Gasteiger partial charge in [0.15, 0.2) is 5.82 Å². The smallest absolute Gasteiger partial charge is 0.253 e. The SMILES string of the molecule is Cc1noc(CC2CCN(C(=O)c3cc(Cl)c(C)c(Cl)c3)CC2)n1. The maximum absolute atomic E-state index is 12.7. The average molecular weight is 368 g/mol. The molecule has 1 aliphatic heterocycles. The van der Waals surface area contributed by atoms with Gasteiger partial charge in [-0.1, -0.05) is 28.4 Å². The Morgan fingerprint density at radius 1 is 1.25 bits per heavy atom. The van der Waals surface area contributed by atoms with Gasteiger partial charge >= 0.3 is 0 Å². The summed E-state index contributed by atoms with van der Waals surface area (Å²) < 4.78 is 5.18. The third-order valence-corrected chi connectivity index (χ3v) is 5.25. The Labute approximate surface area is 150 Å². The fourth-order valence-corrected chi connectivity index (χ4v) is 3.45. The van der Waals surface area contributed by atoms with Crippen LogP contribution in [0.3, 0.4) is 0 Å². The van der Waals surface area contributed by atoms with Gasteiger partial charge in [0.2, 0.25) is 5.89 Å². The number of hydrogen-bond donors (Lipinski definition) is 0. The third-order valence-electron chi connectivity index (χ3n) is 4.46. The maximum atomic E-state index is 12.7. The molecule has 0 spiro atoms. The highest BCUT2D eigenvalue weighted by atomic mass is 35.5. The normalized spacial score (nSPS) is 15.8. The second-order valence-corrected chi connectivity index (χ2v) is 7.05. The molecule has 0 aliphatic carbocycles. The Hall–Kier alpha value is -1.59. The molecule has 128 valence electrons. The van der Waals surface area contributed by atoms with E-state index in [-0.39, 0.29) is 5.91 Å². The van der Waals surface area contributed by atoms with Crippen LogP contribution in [0.25, 0.3) is 0 Å². The monoisotopic (exact) mass is 367 g/mol. The van der Waals surface area contributed by atoms with E-state index in [2.05, 4.69) is 10.1 Å². The van der Waals surface area contributed by atoms with Gasteiger partial charge in [-0.05, 0) is 50.3 Å². The maximum Gasteiger partial charge on any atom is 0.253 e. The van der Waals surface area contributed by atoms with Crippen LogP contribution in [-0.4, -0.2) is 34.0 Å². The molecule has 0 bridgehead atoms. The zero-order valence-electron chi connectivity index (χ0n) is 13.7. The zero-order chi connectivity index (χ0) is 17.3. The highest BCUT2D eigenvalue weighted by molar-refractivity contribution is 6.36. The van der Waals surface area contributed by atoms with Gasteiger partial charge < -0.3 is 9.42 Å². The molecule has 2 aromatic rings. The average Bonchev–Trinajstić information content (AvgIpc) is 2.97. The topological polar surface area (TPSA) is 59.2 Å². The van der Waals surface area contributed by atoms with Crippen LogP contribution in [0.1, 0.15) is 40.5 Å². The second kappa shape index (κ2) is 7.11. The number of halogens is 2. The first kappa shape index (κ1) is 17.2. The van der Waals surface area contributed by atoms with Crippen molar-refractivity contribution in [2.24, 2.45) is 5.92 Å². The van der Waals surface area contributed by atoms with Gasteiger partial charge in [-0.3, -0.25) is 4.79 Å². The number of aromatic nitrogens is 2. The number of likely N-dealkylation sites (tertiary alicyclic amines) is 1. The molecule has 5 nitrogen and oxygen atoms in total. The minimum absolute atomic E-state index is 0.0223. The van der Waals surface area contributed by atoms with E-state index < -0.39 is 0 Å². The van der Waals surface area contributed by atoms with E-state index in [0.717, 1.165) is 24.8 Å². The molecule has 2 heterocycles. The van der Waals surface area contributed by atoms with Crippen LogP contribution in [0.2, 0.25) is 10.0 Å². The van der Waals surface area contributed by atoms with Crippen LogP contribution >= 0.6 is 23.2 Å². The Kier molecular flexibility index (Phi) is 5.11. The van der Waals surface area contributed by atoms with Crippen LogP contribution in [0.5, 0.6) is 0 Å². The Bertz CT molecular complexity index is 729. The Morgan fingerprint density at radius 3 is 2.42 bits per heavy atom. The summed E-state index contributed by atoms with van der Waals surface area (Å²) in [6.45, 7) is 5.06. The molecule has 0 saturated carbocycles. The van der Waals surface area contributed by atoms with Gasteiger partial charge in [-0.25, -0.2) is 0 Å². The lowest BCUT2D eigenvalue weighted by Gasteiger charge is -2.31. The summed E-state index contributed by atoms with van der Waals surface area (Å²) in [4.78, 5) is 18.8. The third kappa shape index (κ3) is 3.73. The summed E-state index contributed by atoms with van der Waals surface area (Å²) in [6, 6.07) is 3.39. The van der Waals surface area contributed by atoms with Gasteiger partial charge in [-0.15, -0.1) is 0 Å². The van der Waals surface area contributed by atoms with Crippen molar-refractivity contribution >= 4 is 29.1 Å². The number of rotatable bonds is 3. The number of carbonyl (C=O) groups is 1. The standard InChI is InChI=1S/C17H19Cl2N3O2/c1-10-14(18)8-13(9-15(10)19)17(23)22-5-3-12(4-6-22)7-16-20-11(2)21-24-16/h8-9,12H,3-7H2,1-2H3. The quantitative estimate of drug-likeness (QED) is 0.819. The first-order valence-electron chi connectivity index (χ1n) is 7.98. The lowest BCUT2D eigenvalue weighted by molar-refractivity contribution is 0.0687. The lowest BCUT2D eigenvalue weighted by atomic mass is 9.93. The number of aryl methyl sites for hydroxylation is 1. The van der Waals surface area contributed by atoms with E-state index in [9.17, 15) is 4.79 Å².